The number of hydrogen-bond donors (Lipinski definition) is 2. The third-order valence-corrected chi connectivity index (χ3v) is 7.58. The molecule has 1 saturated heterocycles. The standard InChI is InChI=1S/C26H36N2O/c1-25-14-13-23(28-16-7-10-21-8-4-3-5-9-21)19-26(25,15-17-27-20-25)22-11-6-12-24(18-22)29-2/h3-6,8-9,11-12,18,23,27-28H,7,10,13-17,19-20H2,1-2H3. The zero-order chi connectivity index (χ0) is 20.2. The first kappa shape index (κ1) is 20.4. The minimum absolute atomic E-state index is 0.224. The Labute approximate surface area is 176 Å². The van der Waals surface area contributed by atoms with Crippen molar-refractivity contribution in [3.8, 4) is 5.75 Å². The zero-order valence-electron chi connectivity index (χ0n) is 18.0. The fourth-order valence-corrected chi connectivity index (χ4v) is 5.78. The molecule has 3 heteroatoms. The predicted molar refractivity (Wildman–Crippen MR) is 121 cm³/mol. The van der Waals surface area contributed by atoms with Gasteiger partial charge in [-0.05, 0) is 80.3 Å². The third kappa shape index (κ3) is 4.22. The van der Waals surface area contributed by atoms with E-state index in [1.807, 2.05) is 0 Å². The maximum Gasteiger partial charge on any atom is 0.119 e. The molecule has 0 radical (unpaired) electrons. The molecule has 0 spiro atoms. The van der Waals surface area contributed by atoms with Crippen LogP contribution in [-0.2, 0) is 11.8 Å². The van der Waals surface area contributed by atoms with E-state index in [0.717, 1.165) is 31.8 Å². The fraction of sp³-hybridized carbons (Fsp3) is 0.538. The van der Waals surface area contributed by atoms with Crippen molar-refractivity contribution in [2.24, 2.45) is 5.41 Å². The second kappa shape index (κ2) is 8.89. The number of nitrogens with one attached hydrogen (secondary N) is 2. The lowest BCUT2D eigenvalue weighted by Gasteiger charge is -2.57. The van der Waals surface area contributed by atoms with E-state index >= 15 is 0 Å². The molecule has 1 heterocycles. The maximum absolute atomic E-state index is 5.57. The molecule has 2 fully saturated rings. The summed E-state index contributed by atoms with van der Waals surface area (Å²) in [6, 6.07) is 20.3. The van der Waals surface area contributed by atoms with Crippen LogP contribution >= 0.6 is 0 Å². The van der Waals surface area contributed by atoms with Gasteiger partial charge in [0.1, 0.15) is 5.75 Å². The van der Waals surface area contributed by atoms with Crippen LogP contribution in [0.4, 0.5) is 0 Å². The van der Waals surface area contributed by atoms with Crippen molar-refractivity contribution in [2.75, 3.05) is 26.7 Å². The largest absolute Gasteiger partial charge is 0.497 e. The van der Waals surface area contributed by atoms with Gasteiger partial charge in [-0.25, -0.2) is 0 Å². The van der Waals surface area contributed by atoms with Gasteiger partial charge in [0.15, 0.2) is 0 Å². The highest BCUT2D eigenvalue weighted by molar-refractivity contribution is 5.37. The Balaban J connectivity index is 1.45. The van der Waals surface area contributed by atoms with Crippen molar-refractivity contribution in [3.05, 3.63) is 65.7 Å². The van der Waals surface area contributed by atoms with Crippen LogP contribution in [-0.4, -0.2) is 32.8 Å². The Morgan fingerprint density at radius 1 is 1.10 bits per heavy atom. The summed E-state index contributed by atoms with van der Waals surface area (Å²) in [5.41, 5.74) is 3.44. The van der Waals surface area contributed by atoms with Crippen LogP contribution in [0.5, 0.6) is 5.75 Å². The summed E-state index contributed by atoms with van der Waals surface area (Å²) in [5, 5.41) is 7.59. The number of methoxy groups -OCH3 is 1. The molecule has 1 aliphatic carbocycles. The molecule has 1 aliphatic heterocycles. The van der Waals surface area contributed by atoms with Crippen LogP contribution in [0.2, 0.25) is 0 Å². The predicted octanol–water partition coefficient (Wildman–Crippen LogP) is 4.71. The average Bonchev–Trinajstić information content (AvgIpc) is 2.77. The smallest absolute Gasteiger partial charge is 0.119 e. The number of ether oxygens (including phenoxy) is 1. The molecular weight excluding hydrogens is 356 g/mol. The molecule has 4 rings (SSSR count). The molecular formula is C26H36N2O. The molecule has 2 aromatic carbocycles. The van der Waals surface area contributed by atoms with Crippen molar-refractivity contribution in [2.45, 2.75) is 56.9 Å². The summed E-state index contributed by atoms with van der Waals surface area (Å²) in [6.45, 7) is 5.82. The van der Waals surface area contributed by atoms with E-state index in [4.69, 9.17) is 4.74 Å². The van der Waals surface area contributed by atoms with E-state index in [0.29, 0.717) is 11.5 Å². The molecule has 2 N–H and O–H groups in total. The van der Waals surface area contributed by atoms with E-state index in [9.17, 15) is 0 Å². The first-order valence-corrected chi connectivity index (χ1v) is 11.3. The van der Waals surface area contributed by atoms with Gasteiger partial charge >= 0.3 is 0 Å². The molecule has 3 atom stereocenters. The molecule has 29 heavy (non-hydrogen) atoms. The van der Waals surface area contributed by atoms with Gasteiger partial charge in [-0.3, -0.25) is 0 Å². The van der Waals surface area contributed by atoms with E-state index in [1.54, 1.807) is 7.11 Å². The SMILES string of the molecule is COc1cccc(C23CCNCC2(C)CCC(NCCCc2ccccc2)C3)c1. The van der Waals surface area contributed by atoms with Gasteiger partial charge in [0.25, 0.3) is 0 Å². The Morgan fingerprint density at radius 3 is 2.79 bits per heavy atom. The van der Waals surface area contributed by atoms with Crippen LogP contribution in [0.25, 0.3) is 0 Å². The average molecular weight is 393 g/mol. The summed E-state index contributed by atoms with van der Waals surface area (Å²) >= 11 is 0. The summed E-state index contributed by atoms with van der Waals surface area (Å²) in [6.07, 6.45) is 7.33. The number of piperidine rings is 1. The van der Waals surface area contributed by atoms with Gasteiger partial charge in [0.05, 0.1) is 7.11 Å². The summed E-state index contributed by atoms with van der Waals surface area (Å²) < 4.78 is 5.57. The Bertz CT molecular complexity index is 792. The van der Waals surface area contributed by atoms with E-state index < -0.39 is 0 Å². The lowest BCUT2D eigenvalue weighted by Crippen LogP contribution is -2.60. The Kier molecular flexibility index (Phi) is 6.26. The second-order valence-corrected chi connectivity index (χ2v) is 9.28. The van der Waals surface area contributed by atoms with Crippen LogP contribution in [0, 0.1) is 5.41 Å². The Hall–Kier alpha value is -1.84. The lowest BCUT2D eigenvalue weighted by molar-refractivity contribution is 0.0240. The molecule has 2 aliphatic rings. The van der Waals surface area contributed by atoms with Crippen molar-refractivity contribution in [1.82, 2.24) is 10.6 Å². The molecule has 1 saturated carbocycles. The minimum atomic E-state index is 0.224. The molecule has 0 bridgehead atoms. The first-order chi connectivity index (χ1) is 14.2. The third-order valence-electron chi connectivity index (χ3n) is 7.58. The highest BCUT2D eigenvalue weighted by Gasteiger charge is 2.53. The molecule has 156 valence electrons. The van der Waals surface area contributed by atoms with Crippen LogP contribution in [0.3, 0.4) is 0 Å². The van der Waals surface area contributed by atoms with Gasteiger partial charge in [-0.15, -0.1) is 0 Å². The van der Waals surface area contributed by atoms with Crippen LogP contribution in [0.1, 0.15) is 50.2 Å². The van der Waals surface area contributed by atoms with Gasteiger partial charge in [0, 0.05) is 18.0 Å². The number of benzene rings is 2. The normalized spacial score (nSPS) is 29.2. The number of aryl methyl sites for hydroxylation is 1. The molecule has 3 unspecified atom stereocenters. The topological polar surface area (TPSA) is 33.3 Å². The molecule has 2 aromatic rings. The maximum atomic E-state index is 5.57. The lowest BCUT2D eigenvalue weighted by atomic mass is 9.50. The first-order valence-electron chi connectivity index (χ1n) is 11.3. The number of rotatable bonds is 7. The van der Waals surface area contributed by atoms with Gasteiger partial charge < -0.3 is 15.4 Å². The highest BCUT2D eigenvalue weighted by Crippen LogP contribution is 2.55. The van der Waals surface area contributed by atoms with E-state index in [1.165, 1.54) is 43.2 Å². The number of hydrogen-bond acceptors (Lipinski definition) is 3. The quantitative estimate of drug-likeness (QED) is 0.670. The monoisotopic (exact) mass is 392 g/mol. The van der Waals surface area contributed by atoms with Crippen molar-refractivity contribution < 1.29 is 4.74 Å². The molecule has 0 amide bonds. The zero-order valence-corrected chi connectivity index (χ0v) is 18.0. The van der Waals surface area contributed by atoms with Crippen molar-refractivity contribution in [1.29, 1.82) is 0 Å². The van der Waals surface area contributed by atoms with Crippen molar-refractivity contribution >= 4 is 0 Å². The van der Waals surface area contributed by atoms with E-state index in [2.05, 4.69) is 72.2 Å². The highest BCUT2D eigenvalue weighted by atomic mass is 16.5. The van der Waals surface area contributed by atoms with Crippen LogP contribution in [0.15, 0.2) is 54.6 Å². The Morgan fingerprint density at radius 2 is 1.97 bits per heavy atom. The molecule has 0 aromatic heterocycles. The van der Waals surface area contributed by atoms with Gasteiger partial charge in [-0.1, -0.05) is 49.4 Å². The van der Waals surface area contributed by atoms with Gasteiger partial charge in [-0.2, -0.15) is 0 Å². The summed E-state index contributed by atoms with van der Waals surface area (Å²) in [4.78, 5) is 0. The molecule has 3 nitrogen and oxygen atoms in total. The minimum Gasteiger partial charge on any atom is -0.497 e. The van der Waals surface area contributed by atoms with Crippen LogP contribution < -0.4 is 15.4 Å². The van der Waals surface area contributed by atoms with Crippen molar-refractivity contribution in [3.63, 3.8) is 0 Å². The van der Waals surface area contributed by atoms with Gasteiger partial charge in [0.2, 0.25) is 0 Å². The fourth-order valence-electron chi connectivity index (χ4n) is 5.78. The summed E-state index contributed by atoms with van der Waals surface area (Å²) in [5.74, 6) is 0.982. The summed E-state index contributed by atoms with van der Waals surface area (Å²) in [7, 11) is 1.77. The second-order valence-electron chi connectivity index (χ2n) is 9.28. The van der Waals surface area contributed by atoms with E-state index in [-0.39, 0.29) is 5.41 Å². The number of fused-ring (bicyclic) bond motifs is 1.